The van der Waals surface area contributed by atoms with Crippen molar-refractivity contribution in [3.05, 3.63) is 59.7 Å². The molecule has 1 aromatic heterocycles. The van der Waals surface area contributed by atoms with Gasteiger partial charge in [-0.2, -0.15) is 0 Å². The molecule has 0 aliphatic carbocycles. The van der Waals surface area contributed by atoms with E-state index < -0.39 is 5.97 Å². The molecule has 0 unspecified atom stereocenters. The summed E-state index contributed by atoms with van der Waals surface area (Å²) in [6.07, 6.45) is 0. The first-order chi connectivity index (χ1) is 12.5. The van der Waals surface area contributed by atoms with Crippen LogP contribution in [-0.2, 0) is 4.79 Å². The standard InChI is InChI=1S/C18H15N3O4S/c1-11-2-4-12(5-3-11)16-20-21-18(25-16)26-10-15(22)19-14-8-6-13(7-9-14)17(23)24/h2-9H,10H2,1H3,(H,19,22)(H,23,24). The van der Waals surface area contributed by atoms with Crippen LogP contribution in [0.25, 0.3) is 11.5 Å². The maximum atomic E-state index is 12.0. The molecule has 0 aliphatic rings. The quantitative estimate of drug-likeness (QED) is 0.641. The minimum absolute atomic E-state index is 0.0935. The Balaban J connectivity index is 1.54. The Bertz CT molecular complexity index is 920. The minimum Gasteiger partial charge on any atom is -0.478 e. The second-order valence-electron chi connectivity index (χ2n) is 5.46. The summed E-state index contributed by atoms with van der Waals surface area (Å²) in [5.74, 6) is -0.777. The molecular weight excluding hydrogens is 354 g/mol. The SMILES string of the molecule is Cc1ccc(-c2nnc(SCC(=O)Nc3ccc(C(=O)O)cc3)o2)cc1. The van der Waals surface area contributed by atoms with Crippen molar-refractivity contribution in [3.63, 3.8) is 0 Å². The Morgan fingerprint density at radius 1 is 1.08 bits per heavy atom. The van der Waals surface area contributed by atoms with Gasteiger partial charge in [-0.1, -0.05) is 29.5 Å². The van der Waals surface area contributed by atoms with Crippen LogP contribution >= 0.6 is 11.8 Å². The van der Waals surface area contributed by atoms with E-state index in [9.17, 15) is 9.59 Å². The lowest BCUT2D eigenvalue weighted by Gasteiger charge is -2.04. The molecule has 0 radical (unpaired) electrons. The third-order valence-electron chi connectivity index (χ3n) is 3.45. The van der Waals surface area contributed by atoms with Gasteiger partial charge in [-0.3, -0.25) is 4.79 Å². The van der Waals surface area contributed by atoms with Crippen LogP contribution in [0.15, 0.2) is 58.2 Å². The molecule has 2 N–H and O–H groups in total. The summed E-state index contributed by atoms with van der Waals surface area (Å²) in [4.78, 5) is 22.8. The Hall–Kier alpha value is -3.13. The van der Waals surface area contributed by atoms with Gasteiger partial charge >= 0.3 is 5.97 Å². The summed E-state index contributed by atoms with van der Waals surface area (Å²) in [6, 6.07) is 13.6. The van der Waals surface area contributed by atoms with Crippen LogP contribution in [0.4, 0.5) is 5.69 Å². The molecule has 3 aromatic rings. The van der Waals surface area contributed by atoms with Crippen molar-refractivity contribution >= 4 is 29.3 Å². The fourth-order valence-corrected chi connectivity index (χ4v) is 2.66. The molecule has 8 heteroatoms. The zero-order valence-corrected chi connectivity index (χ0v) is 14.6. The molecule has 0 saturated heterocycles. The Morgan fingerprint density at radius 2 is 1.77 bits per heavy atom. The van der Waals surface area contributed by atoms with Crippen molar-refractivity contribution in [2.24, 2.45) is 0 Å². The number of aryl methyl sites for hydroxylation is 1. The highest BCUT2D eigenvalue weighted by molar-refractivity contribution is 7.99. The van der Waals surface area contributed by atoms with Crippen molar-refractivity contribution in [2.45, 2.75) is 12.1 Å². The molecule has 2 aromatic carbocycles. The largest absolute Gasteiger partial charge is 0.478 e. The van der Waals surface area contributed by atoms with Crippen molar-refractivity contribution in [1.29, 1.82) is 0 Å². The van der Waals surface area contributed by atoms with E-state index in [0.717, 1.165) is 22.9 Å². The molecule has 7 nitrogen and oxygen atoms in total. The Labute approximate surface area is 153 Å². The van der Waals surface area contributed by atoms with Crippen LogP contribution in [0.1, 0.15) is 15.9 Å². The number of nitrogens with zero attached hydrogens (tertiary/aromatic N) is 2. The topological polar surface area (TPSA) is 105 Å². The van der Waals surface area contributed by atoms with Gasteiger partial charge in [-0.15, -0.1) is 10.2 Å². The molecule has 0 atom stereocenters. The normalized spacial score (nSPS) is 10.5. The lowest BCUT2D eigenvalue weighted by molar-refractivity contribution is -0.113. The summed E-state index contributed by atoms with van der Waals surface area (Å²) in [5.41, 5.74) is 2.63. The van der Waals surface area contributed by atoms with E-state index in [1.54, 1.807) is 0 Å². The number of hydrogen-bond acceptors (Lipinski definition) is 6. The number of carboxylic acids is 1. The molecule has 0 bridgehead atoms. The summed E-state index contributed by atoms with van der Waals surface area (Å²) in [6.45, 7) is 1.99. The van der Waals surface area contributed by atoms with Gasteiger partial charge in [0.15, 0.2) is 0 Å². The number of rotatable bonds is 6. The van der Waals surface area contributed by atoms with Crippen LogP contribution in [0, 0.1) is 6.92 Å². The van der Waals surface area contributed by atoms with Crippen LogP contribution in [-0.4, -0.2) is 32.9 Å². The number of amides is 1. The predicted octanol–water partition coefficient (Wildman–Crippen LogP) is 3.47. The molecule has 0 saturated carbocycles. The molecule has 132 valence electrons. The summed E-state index contributed by atoms with van der Waals surface area (Å²) in [5, 5.41) is 19.7. The molecule has 1 heterocycles. The number of hydrogen-bond donors (Lipinski definition) is 2. The van der Waals surface area contributed by atoms with Crippen LogP contribution in [0.2, 0.25) is 0 Å². The van der Waals surface area contributed by atoms with Gasteiger partial charge in [0.25, 0.3) is 5.22 Å². The highest BCUT2D eigenvalue weighted by atomic mass is 32.2. The number of aromatic nitrogens is 2. The number of aromatic carboxylic acids is 1. The summed E-state index contributed by atoms with van der Waals surface area (Å²) < 4.78 is 5.55. The monoisotopic (exact) mass is 369 g/mol. The Morgan fingerprint density at radius 3 is 2.42 bits per heavy atom. The molecule has 0 spiro atoms. The second-order valence-corrected chi connectivity index (χ2v) is 6.39. The van der Waals surface area contributed by atoms with Crippen molar-refractivity contribution in [3.8, 4) is 11.5 Å². The maximum absolute atomic E-state index is 12.0. The number of carbonyl (C=O) groups excluding carboxylic acids is 1. The maximum Gasteiger partial charge on any atom is 0.335 e. The number of carboxylic acid groups (broad SMARTS) is 1. The van der Waals surface area contributed by atoms with Gasteiger partial charge in [0, 0.05) is 11.3 Å². The van der Waals surface area contributed by atoms with Crippen molar-refractivity contribution < 1.29 is 19.1 Å². The third kappa shape index (κ3) is 4.48. The predicted molar refractivity (Wildman–Crippen MR) is 97.2 cm³/mol. The fraction of sp³-hybridized carbons (Fsp3) is 0.111. The molecule has 26 heavy (non-hydrogen) atoms. The smallest absolute Gasteiger partial charge is 0.335 e. The average Bonchev–Trinajstić information content (AvgIpc) is 3.10. The van der Waals surface area contributed by atoms with Gasteiger partial charge in [-0.25, -0.2) is 4.79 Å². The fourth-order valence-electron chi connectivity index (χ4n) is 2.10. The van der Waals surface area contributed by atoms with Gasteiger partial charge in [-0.05, 0) is 43.3 Å². The van der Waals surface area contributed by atoms with Gasteiger partial charge in [0.2, 0.25) is 11.8 Å². The first-order valence-electron chi connectivity index (χ1n) is 7.68. The van der Waals surface area contributed by atoms with Crippen LogP contribution in [0.5, 0.6) is 0 Å². The lowest BCUT2D eigenvalue weighted by Crippen LogP contribution is -2.14. The Kier molecular flexibility index (Phi) is 5.33. The molecule has 1 amide bonds. The lowest BCUT2D eigenvalue weighted by atomic mass is 10.1. The van der Waals surface area contributed by atoms with E-state index in [0.29, 0.717) is 16.8 Å². The first-order valence-corrected chi connectivity index (χ1v) is 8.66. The summed E-state index contributed by atoms with van der Waals surface area (Å²) in [7, 11) is 0. The number of carbonyl (C=O) groups is 2. The molecular formula is C18H15N3O4S. The van der Waals surface area contributed by atoms with E-state index in [1.807, 2.05) is 31.2 Å². The van der Waals surface area contributed by atoms with E-state index >= 15 is 0 Å². The summed E-state index contributed by atoms with van der Waals surface area (Å²) >= 11 is 1.13. The first kappa shape index (κ1) is 17.7. The van der Waals surface area contributed by atoms with Gasteiger partial charge in [0.05, 0.1) is 11.3 Å². The number of thioether (sulfide) groups is 1. The number of anilines is 1. The van der Waals surface area contributed by atoms with E-state index in [4.69, 9.17) is 9.52 Å². The highest BCUT2D eigenvalue weighted by Crippen LogP contribution is 2.23. The van der Waals surface area contributed by atoms with E-state index in [2.05, 4.69) is 15.5 Å². The van der Waals surface area contributed by atoms with Crippen molar-refractivity contribution in [2.75, 3.05) is 11.1 Å². The second kappa shape index (κ2) is 7.83. The van der Waals surface area contributed by atoms with E-state index in [-0.39, 0.29) is 17.2 Å². The third-order valence-corrected chi connectivity index (χ3v) is 4.27. The molecule has 0 aliphatic heterocycles. The van der Waals surface area contributed by atoms with Gasteiger partial charge in [0.1, 0.15) is 0 Å². The molecule has 3 rings (SSSR count). The van der Waals surface area contributed by atoms with Crippen LogP contribution < -0.4 is 5.32 Å². The average molecular weight is 369 g/mol. The van der Waals surface area contributed by atoms with Crippen molar-refractivity contribution in [1.82, 2.24) is 10.2 Å². The highest BCUT2D eigenvalue weighted by Gasteiger charge is 2.11. The number of nitrogens with one attached hydrogen (secondary N) is 1. The zero-order chi connectivity index (χ0) is 18.5. The van der Waals surface area contributed by atoms with E-state index in [1.165, 1.54) is 24.3 Å². The number of benzene rings is 2. The van der Waals surface area contributed by atoms with Crippen LogP contribution in [0.3, 0.4) is 0 Å². The zero-order valence-electron chi connectivity index (χ0n) is 13.8. The molecule has 0 fully saturated rings. The minimum atomic E-state index is -1.01. The van der Waals surface area contributed by atoms with Gasteiger partial charge < -0.3 is 14.8 Å².